The standard InChI is InChI=1S/C17H32N2O4/c1-13(6-7-14(20)21)18-12-17(5)8-10-19(11-9-17)15(22)23-16(2,3)4/h13,18H,6-12H2,1-5H3,(H,20,21). The maximum atomic E-state index is 12.1. The summed E-state index contributed by atoms with van der Waals surface area (Å²) in [5, 5.41) is 12.1. The number of ether oxygens (including phenoxy) is 1. The summed E-state index contributed by atoms with van der Waals surface area (Å²) >= 11 is 0. The highest BCUT2D eigenvalue weighted by molar-refractivity contribution is 5.68. The minimum absolute atomic E-state index is 0.135. The molecule has 1 aliphatic rings. The van der Waals surface area contributed by atoms with E-state index in [1.807, 2.05) is 27.7 Å². The van der Waals surface area contributed by atoms with Gasteiger partial charge < -0.3 is 20.1 Å². The molecule has 23 heavy (non-hydrogen) atoms. The Bertz CT molecular complexity index is 409. The second-order valence-electron chi connectivity index (χ2n) is 7.99. The molecule has 134 valence electrons. The number of hydrogen-bond acceptors (Lipinski definition) is 4. The summed E-state index contributed by atoms with van der Waals surface area (Å²) in [7, 11) is 0. The molecule has 2 N–H and O–H groups in total. The van der Waals surface area contributed by atoms with Gasteiger partial charge in [-0.15, -0.1) is 0 Å². The fourth-order valence-electron chi connectivity index (χ4n) is 2.60. The van der Waals surface area contributed by atoms with Gasteiger partial charge in [0.25, 0.3) is 0 Å². The summed E-state index contributed by atoms with van der Waals surface area (Å²) in [4.78, 5) is 24.4. The van der Waals surface area contributed by atoms with E-state index in [2.05, 4.69) is 12.2 Å². The summed E-state index contributed by atoms with van der Waals surface area (Å²) in [5.74, 6) is -0.754. The SMILES string of the molecule is CC(CCC(=O)O)NCC1(C)CCN(C(=O)OC(C)(C)C)CC1. The molecule has 1 unspecified atom stereocenters. The highest BCUT2D eigenvalue weighted by atomic mass is 16.6. The largest absolute Gasteiger partial charge is 0.481 e. The molecule has 1 rings (SSSR count). The van der Waals surface area contributed by atoms with Gasteiger partial charge in [0.2, 0.25) is 0 Å². The summed E-state index contributed by atoms with van der Waals surface area (Å²) in [6.45, 7) is 12.1. The Morgan fingerprint density at radius 2 is 1.87 bits per heavy atom. The van der Waals surface area contributed by atoms with Crippen LogP contribution in [0.5, 0.6) is 0 Å². The van der Waals surface area contributed by atoms with Crippen molar-refractivity contribution in [2.24, 2.45) is 5.41 Å². The molecule has 1 aliphatic heterocycles. The van der Waals surface area contributed by atoms with E-state index < -0.39 is 11.6 Å². The summed E-state index contributed by atoms with van der Waals surface area (Å²) in [6.07, 6.45) is 2.44. The fraction of sp³-hybridized carbons (Fsp3) is 0.882. The average Bonchev–Trinajstić information content (AvgIpc) is 2.42. The molecule has 1 saturated heterocycles. The number of carboxylic acids is 1. The van der Waals surface area contributed by atoms with E-state index in [0.717, 1.165) is 19.4 Å². The molecular formula is C17H32N2O4. The van der Waals surface area contributed by atoms with E-state index in [0.29, 0.717) is 19.5 Å². The van der Waals surface area contributed by atoms with Crippen molar-refractivity contribution in [3.8, 4) is 0 Å². The summed E-state index contributed by atoms with van der Waals surface area (Å²) in [6, 6.07) is 0.187. The first-order valence-corrected chi connectivity index (χ1v) is 8.44. The molecule has 0 radical (unpaired) electrons. The molecule has 6 heteroatoms. The van der Waals surface area contributed by atoms with Crippen LogP contribution in [0.4, 0.5) is 4.79 Å². The number of nitrogens with one attached hydrogen (secondary N) is 1. The van der Waals surface area contributed by atoms with Crippen LogP contribution in [0.3, 0.4) is 0 Å². The number of carbonyl (C=O) groups excluding carboxylic acids is 1. The third-order valence-corrected chi connectivity index (χ3v) is 4.29. The quantitative estimate of drug-likeness (QED) is 0.784. The molecule has 1 amide bonds. The minimum Gasteiger partial charge on any atom is -0.481 e. The van der Waals surface area contributed by atoms with Crippen molar-refractivity contribution in [2.75, 3.05) is 19.6 Å². The maximum Gasteiger partial charge on any atom is 0.410 e. The van der Waals surface area contributed by atoms with E-state index in [1.54, 1.807) is 4.90 Å². The van der Waals surface area contributed by atoms with Crippen molar-refractivity contribution in [2.45, 2.75) is 71.9 Å². The van der Waals surface area contributed by atoms with Gasteiger partial charge in [-0.05, 0) is 52.4 Å². The first-order valence-electron chi connectivity index (χ1n) is 8.44. The zero-order chi connectivity index (χ0) is 17.7. The number of nitrogens with zero attached hydrogens (tertiary/aromatic N) is 1. The molecular weight excluding hydrogens is 296 g/mol. The molecule has 0 aliphatic carbocycles. The van der Waals surface area contributed by atoms with Crippen LogP contribution in [0.2, 0.25) is 0 Å². The number of hydrogen-bond donors (Lipinski definition) is 2. The second-order valence-corrected chi connectivity index (χ2v) is 7.99. The number of likely N-dealkylation sites (tertiary alicyclic amines) is 1. The van der Waals surface area contributed by atoms with Crippen LogP contribution in [0.15, 0.2) is 0 Å². The average molecular weight is 328 g/mol. The molecule has 1 fully saturated rings. The first kappa shape index (κ1) is 19.7. The molecule has 1 heterocycles. The normalized spacial score (nSPS) is 19.3. The van der Waals surface area contributed by atoms with Crippen molar-refractivity contribution in [3.05, 3.63) is 0 Å². The Morgan fingerprint density at radius 3 is 2.35 bits per heavy atom. The Morgan fingerprint density at radius 1 is 1.30 bits per heavy atom. The number of aliphatic carboxylic acids is 1. The van der Waals surface area contributed by atoms with E-state index in [1.165, 1.54) is 0 Å². The van der Waals surface area contributed by atoms with Crippen molar-refractivity contribution >= 4 is 12.1 Å². The lowest BCUT2D eigenvalue weighted by Crippen LogP contribution is -2.48. The Kier molecular flexibility index (Phi) is 6.86. The van der Waals surface area contributed by atoms with Crippen molar-refractivity contribution in [1.82, 2.24) is 10.2 Å². The zero-order valence-corrected chi connectivity index (χ0v) is 15.1. The number of carbonyl (C=O) groups is 2. The zero-order valence-electron chi connectivity index (χ0n) is 15.1. The Labute approximate surface area is 139 Å². The van der Waals surface area contributed by atoms with Gasteiger partial charge >= 0.3 is 12.1 Å². The van der Waals surface area contributed by atoms with E-state index >= 15 is 0 Å². The van der Waals surface area contributed by atoms with Gasteiger partial charge in [0.1, 0.15) is 5.60 Å². The maximum absolute atomic E-state index is 12.1. The number of rotatable bonds is 6. The van der Waals surface area contributed by atoms with Crippen molar-refractivity contribution in [3.63, 3.8) is 0 Å². The van der Waals surface area contributed by atoms with E-state index in [9.17, 15) is 9.59 Å². The summed E-state index contributed by atoms with van der Waals surface area (Å²) < 4.78 is 5.41. The molecule has 0 saturated carbocycles. The van der Waals surface area contributed by atoms with Crippen LogP contribution >= 0.6 is 0 Å². The highest BCUT2D eigenvalue weighted by Crippen LogP contribution is 2.31. The van der Waals surface area contributed by atoms with E-state index in [-0.39, 0.29) is 24.0 Å². The van der Waals surface area contributed by atoms with Gasteiger partial charge in [-0.3, -0.25) is 4.79 Å². The molecule has 1 atom stereocenters. The van der Waals surface area contributed by atoms with Crippen LogP contribution in [0.1, 0.15) is 60.3 Å². The third kappa shape index (κ3) is 7.68. The van der Waals surface area contributed by atoms with Gasteiger partial charge in [-0.2, -0.15) is 0 Å². The summed E-state index contributed by atoms with van der Waals surface area (Å²) in [5.41, 5.74) is -0.324. The topological polar surface area (TPSA) is 78.9 Å². The smallest absolute Gasteiger partial charge is 0.410 e. The Hall–Kier alpha value is -1.30. The van der Waals surface area contributed by atoms with Gasteiger partial charge in [0.05, 0.1) is 0 Å². The van der Waals surface area contributed by atoms with Gasteiger partial charge in [-0.1, -0.05) is 6.92 Å². The van der Waals surface area contributed by atoms with Crippen LogP contribution in [-0.4, -0.2) is 53.3 Å². The number of amides is 1. The molecule has 0 bridgehead atoms. The number of carboxylic acid groups (broad SMARTS) is 1. The molecule has 0 aromatic rings. The molecule has 0 aromatic heterocycles. The highest BCUT2D eigenvalue weighted by Gasteiger charge is 2.33. The van der Waals surface area contributed by atoms with Gasteiger partial charge in [-0.25, -0.2) is 4.79 Å². The van der Waals surface area contributed by atoms with E-state index in [4.69, 9.17) is 9.84 Å². The van der Waals surface area contributed by atoms with Crippen LogP contribution in [-0.2, 0) is 9.53 Å². The molecule has 0 spiro atoms. The molecule has 6 nitrogen and oxygen atoms in total. The van der Waals surface area contributed by atoms with Gasteiger partial charge in [0, 0.05) is 32.1 Å². The van der Waals surface area contributed by atoms with Crippen molar-refractivity contribution < 1.29 is 19.4 Å². The lowest BCUT2D eigenvalue weighted by molar-refractivity contribution is -0.137. The number of piperidine rings is 1. The van der Waals surface area contributed by atoms with Gasteiger partial charge in [0.15, 0.2) is 0 Å². The lowest BCUT2D eigenvalue weighted by Gasteiger charge is -2.40. The molecule has 0 aromatic carbocycles. The van der Waals surface area contributed by atoms with Crippen LogP contribution in [0, 0.1) is 5.41 Å². The third-order valence-electron chi connectivity index (χ3n) is 4.29. The fourth-order valence-corrected chi connectivity index (χ4v) is 2.60. The van der Waals surface area contributed by atoms with Crippen LogP contribution < -0.4 is 5.32 Å². The predicted molar refractivity (Wildman–Crippen MR) is 89.5 cm³/mol. The monoisotopic (exact) mass is 328 g/mol. The van der Waals surface area contributed by atoms with Crippen molar-refractivity contribution in [1.29, 1.82) is 0 Å². The lowest BCUT2D eigenvalue weighted by atomic mass is 9.80. The van der Waals surface area contributed by atoms with Crippen LogP contribution in [0.25, 0.3) is 0 Å². The Balaban J connectivity index is 2.36. The first-order chi connectivity index (χ1) is 10.5. The minimum atomic E-state index is -0.754. The second kappa shape index (κ2) is 7.99. The predicted octanol–water partition coefficient (Wildman–Crippen LogP) is 2.87.